The fourth-order valence-corrected chi connectivity index (χ4v) is 3.89. The number of sulfonamides is 1. The van der Waals surface area contributed by atoms with Crippen LogP contribution in [0.4, 0.5) is 5.69 Å². The van der Waals surface area contributed by atoms with Crippen molar-refractivity contribution in [3.63, 3.8) is 0 Å². The molecule has 0 unspecified atom stereocenters. The van der Waals surface area contributed by atoms with Gasteiger partial charge in [-0.15, -0.1) is 0 Å². The summed E-state index contributed by atoms with van der Waals surface area (Å²) in [4.78, 5) is 0.191. The molecule has 0 aliphatic heterocycles. The van der Waals surface area contributed by atoms with Crippen molar-refractivity contribution < 1.29 is 8.42 Å². The second-order valence-corrected chi connectivity index (χ2v) is 6.55. The molecule has 21 heavy (non-hydrogen) atoms. The Labute approximate surface area is 123 Å². The zero-order chi connectivity index (χ0) is 15.8. The van der Waals surface area contributed by atoms with Crippen LogP contribution in [-0.4, -0.2) is 34.9 Å². The Balaban J connectivity index is 2.45. The molecule has 0 bridgehead atoms. The van der Waals surface area contributed by atoms with Crippen LogP contribution >= 0.6 is 0 Å². The molecule has 2 heterocycles. The Morgan fingerprint density at radius 2 is 1.90 bits per heavy atom. The summed E-state index contributed by atoms with van der Waals surface area (Å²) in [6.45, 7) is 7.76. The maximum Gasteiger partial charge on any atom is 0.265 e. The highest BCUT2D eigenvalue weighted by atomic mass is 32.2. The third-order valence-electron chi connectivity index (χ3n) is 3.29. The third kappa shape index (κ3) is 2.79. The summed E-state index contributed by atoms with van der Waals surface area (Å²) in [7, 11) is -3.72. The van der Waals surface area contributed by atoms with Gasteiger partial charge in [0.15, 0.2) is 0 Å². The van der Waals surface area contributed by atoms with Crippen LogP contribution in [0.5, 0.6) is 0 Å². The number of aromatic nitrogens is 4. The first-order chi connectivity index (χ1) is 9.77. The SMILES string of the molecule is Cc1n[nH]c(C)c1NS(=O)(=O)c1c(C)nn(CCN)c1C. The number of hydrogen-bond acceptors (Lipinski definition) is 5. The van der Waals surface area contributed by atoms with E-state index in [2.05, 4.69) is 20.0 Å². The van der Waals surface area contributed by atoms with Crippen LogP contribution in [0.3, 0.4) is 0 Å². The number of H-pyrrole nitrogens is 1. The molecule has 0 saturated carbocycles. The van der Waals surface area contributed by atoms with Crippen molar-refractivity contribution in [2.24, 2.45) is 5.73 Å². The van der Waals surface area contributed by atoms with Gasteiger partial charge in [-0.05, 0) is 27.7 Å². The number of nitrogens with one attached hydrogen (secondary N) is 2. The summed E-state index contributed by atoms with van der Waals surface area (Å²) in [6, 6.07) is 0. The average Bonchev–Trinajstić information content (AvgIpc) is 2.84. The average molecular weight is 312 g/mol. The molecule has 4 N–H and O–H groups in total. The van der Waals surface area contributed by atoms with Crippen molar-refractivity contribution >= 4 is 15.7 Å². The van der Waals surface area contributed by atoms with Crippen molar-refractivity contribution in [3.05, 3.63) is 22.8 Å². The molecule has 0 fully saturated rings. The molecule has 0 atom stereocenters. The minimum Gasteiger partial charge on any atom is -0.329 e. The first kappa shape index (κ1) is 15.5. The minimum atomic E-state index is -3.72. The zero-order valence-corrected chi connectivity index (χ0v) is 13.4. The van der Waals surface area contributed by atoms with Crippen LogP contribution in [-0.2, 0) is 16.6 Å². The Morgan fingerprint density at radius 1 is 1.24 bits per heavy atom. The van der Waals surface area contributed by atoms with E-state index in [0.717, 1.165) is 0 Å². The standard InChI is InChI=1S/C12H20N6O2S/c1-7-11(8(2)15-14-7)17-21(19,20)12-9(3)16-18(6-5-13)10(12)4/h17H,5-6,13H2,1-4H3,(H,14,15). The molecule has 0 spiro atoms. The zero-order valence-electron chi connectivity index (χ0n) is 12.6. The van der Waals surface area contributed by atoms with E-state index in [1.807, 2.05) is 0 Å². The Kier molecular flexibility index (Phi) is 4.06. The van der Waals surface area contributed by atoms with Gasteiger partial charge in [0, 0.05) is 6.54 Å². The second kappa shape index (κ2) is 5.49. The Bertz CT molecular complexity index is 740. The first-order valence-corrected chi connectivity index (χ1v) is 8.04. The molecule has 8 nitrogen and oxygen atoms in total. The van der Waals surface area contributed by atoms with E-state index >= 15 is 0 Å². The number of hydrogen-bond donors (Lipinski definition) is 3. The van der Waals surface area contributed by atoms with Crippen molar-refractivity contribution in [2.45, 2.75) is 39.1 Å². The second-order valence-electron chi connectivity index (χ2n) is 4.93. The van der Waals surface area contributed by atoms with Gasteiger partial charge in [-0.25, -0.2) is 8.42 Å². The van der Waals surface area contributed by atoms with E-state index in [9.17, 15) is 8.42 Å². The molecule has 0 radical (unpaired) electrons. The van der Waals surface area contributed by atoms with E-state index in [-0.39, 0.29) is 4.90 Å². The number of aromatic amines is 1. The molecular formula is C12H20N6O2S. The maximum atomic E-state index is 12.6. The Hall–Kier alpha value is -1.87. The van der Waals surface area contributed by atoms with E-state index in [4.69, 9.17) is 5.73 Å². The molecular weight excluding hydrogens is 292 g/mol. The third-order valence-corrected chi connectivity index (χ3v) is 4.89. The highest BCUT2D eigenvalue weighted by molar-refractivity contribution is 7.92. The molecule has 2 aromatic rings. The van der Waals surface area contributed by atoms with Crippen LogP contribution in [0, 0.1) is 27.7 Å². The highest BCUT2D eigenvalue weighted by Gasteiger charge is 2.26. The molecule has 9 heteroatoms. The van der Waals surface area contributed by atoms with Gasteiger partial charge in [0.05, 0.1) is 35.0 Å². The predicted octanol–water partition coefficient (Wildman–Crippen LogP) is 0.599. The van der Waals surface area contributed by atoms with Gasteiger partial charge in [-0.2, -0.15) is 10.2 Å². The van der Waals surface area contributed by atoms with Gasteiger partial charge in [0.2, 0.25) is 0 Å². The highest BCUT2D eigenvalue weighted by Crippen LogP contribution is 2.25. The quantitative estimate of drug-likeness (QED) is 0.747. The number of nitrogens with two attached hydrogens (primary N) is 1. The number of anilines is 1. The maximum absolute atomic E-state index is 12.6. The van der Waals surface area contributed by atoms with E-state index in [1.54, 1.807) is 32.4 Å². The van der Waals surface area contributed by atoms with Crippen molar-refractivity contribution in [1.29, 1.82) is 0 Å². The molecule has 0 aliphatic rings. The fourth-order valence-electron chi connectivity index (χ4n) is 2.30. The summed E-state index contributed by atoms with van der Waals surface area (Å²) in [5.74, 6) is 0. The molecule has 0 aliphatic carbocycles. The lowest BCUT2D eigenvalue weighted by Crippen LogP contribution is -2.17. The number of nitrogens with zero attached hydrogens (tertiary/aromatic N) is 3. The van der Waals surface area contributed by atoms with Crippen LogP contribution in [0.25, 0.3) is 0 Å². The van der Waals surface area contributed by atoms with Crippen LogP contribution in [0.1, 0.15) is 22.8 Å². The molecule has 2 rings (SSSR count). The normalized spacial score (nSPS) is 11.9. The predicted molar refractivity (Wildman–Crippen MR) is 79.6 cm³/mol. The molecule has 2 aromatic heterocycles. The van der Waals surface area contributed by atoms with Crippen LogP contribution < -0.4 is 10.5 Å². The van der Waals surface area contributed by atoms with Crippen molar-refractivity contribution in [2.75, 3.05) is 11.3 Å². The summed E-state index contributed by atoms with van der Waals surface area (Å²) in [6.07, 6.45) is 0. The molecule has 0 saturated heterocycles. The Morgan fingerprint density at radius 3 is 2.43 bits per heavy atom. The van der Waals surface area contributed by atoms with Crippen molar-refractivity contribution in [1.82, 2.24) is 20.0 Å². The number of rotatable bonds is 5. The number of aryl methyl sites for hydroxylation is 3. The fraction of sp³-hybridized carbons (Fsp3) is 0.500. The largest absolute Gasteiger partial charge is 0.329 e. The monoisotopic (exact) mass is 312 g/mol. The van der Waals surface area contributed by atoms with Gasteiger partial charge in [0.25, 0.3) is 10.0 Å². The summed E-state index contributed by atoms with van der Waals surface area (Å²) < 4.78 is 29.4. The van der Waals surface area contributed by atoms with Gasteiger partial charge in [-0.3, -0.25) is 14.5 Å². The molecule has 0 amide bonds. The van der Waals surface area contributed by atoms with Gasteiger partial charge in [-0.1, -0.05) is 0 Å². The van der Waals surface area contributed by atoms with Crippen molar-refractivity contribution in [3.8, 4) is 0 Å². The van der Waals surface area contributed by atoms with Crippen LogP contribution in [0.15, 0.2) is 4.90 Å². The first-order valence-electron chi connectivity index (χ1n) is 6.56. The van der Waals surface area contributed by atoms with Crippen LogP contribution in [0.2, 0.25) is 0 Å². The lowest BCUT2D eigenvalue weighted by atomic mass is 10.3. The lowest BCUT2D eigenvalue weighted by Gasteiger charge is -2.09. The van der Waals surface area contributed by atoms with Gasteiger partial charge >= 0.3 is 0 Å². The molecule has 116 valence electrons. The summed E-state index contributed by atoms with van der Waals surface area (Å²) in [5.41, 5.74) is 8.27. The lowest BCUT2D eigenvalue weighted by molar-refractivity contribution is 0.593. The summed E-state index contributed by atoms with van der Waals surface area (Å²) in [5, 5.41) is 11.0. The minimum absolute atomic E-state index is 0.191. The topological polar surface area (TPSA) is 119 Å². The van der Waals surface area contributed by atoms with E-state index < -0.39 is 10.0 Å². The summed E-state index contributed by atoms with van der Waals surface area (Å²) >= 11 is 0. The van der Waals surface area contributed by atoms with Gasteiger partial charge < -0.3 is 5.73 Å². The van der Waals surface area contributed by atoms with Gasteiger partial charge in [0.1, 0.15) is 4.90 Å². The smallest absolute Gasteiger partial charge is 0.265 e. The molecule has 0 aromatic carbocycles. The van der Waals surface area contributed by atoms with E-state index in [1.165, 1.54) is 0 Å². The van der Waals surface area contributed by atoms with E-state index in [0.29, 0.717) is 41.6 Å².